The van der Waals surface area contributed by atoms with Crippen LogP contribution in [0.1, 0.15) is 114 Å². The number of nitrogens with one attached hydrogen (secondary N) is 3. The molecule has 4 heterocycles. The van der Waals surface area contributed by atoms with Gasteiger partial charge in [0.25, 0.3) is 11.8 Å². The van der Waals surface area contributed by atoms with E-state index in [-0.39, 0.29) is 85.5 Å². The lowest BCUT2D eigenvalue weighted by molar-refractivity contribution is -0.136. The Morgan fingerprint density at radius 3 is 2.07 bits per heavy atom. The Kier molecular flexibility index (Phi) is 29.3. The van der Waals surface area contributed by atoms with Gasteiger partial charge in [-0.15, -0.1) is 4.48 Å². The first-order valence-corrected chi connectivity index (χ1v) is 24.8. The highest BCUT2D eigenvalue weighted by Gasteiger charge is 2.33. The molecule has 0 radical (unpaired) electrons. The fraction of sp³-hybridized carbons (Fsp3) is 0.569. The molecule has 2 saturated carbocycles. The number of anilines is 1. The van der Waals surface area contributed by atoms with Gasteiger partial charge in [-0.1, -0.05) is 50.7 Å². The third-order valence-electron chi connectivity index (χ3n) is 12.1. The van der Waals surface area contributed by atoms with Crippen LogP contribution >= 0.6 is 0 Å². The number of hydrogen-bond donors (Lipinski definition) is 4. The number of nitrogens with two attached hydrogens (primary N) is 1. The van der Waals surface area contributed by atoms with E-state index in [1.54, 1.807) is 30.4 Å². The highest BCUT2D eigenvalue weighted by Crippen LogP contribution is 2.26. The summed E-state index contributed by atoms with van der Waals surface area (Å²) in [6, 6.07) is 12.7. The minimum absolute atomic E-state index is 0.0353. The standard InChI is InChI=1S/C21H30N4O4.C10H18FNO2.C8H13FN2O3.C7H6F2O.C5H5N/c1-14-7-8-18(29-14)21(28)25(16-9-10-23-17(13-16)19(22)26)12-11-24-20(27)15-5-3-2-4-6-15;11-12-10(13)7-4-8-14-9-5-2-1-3-6-9;1-11-5-6(4-7(11)12)8(13)10-2-3-14-9;1-10-6-4-2-3-5(8)7(6)9;1-2-4-6-5-3-1/h9-10,13-15,18H,2-8,11-12H2,1H3,(H2,22,26)(H,24,27);9H,1-8H2,(H,12,13);6H,2-5H2,1H3,(H,10,13);2-4H,1H3;1-5H. The van der Waals surface area contributed by atoms with E-state index in [0.29, 0.717) is 44.3 Å². The SMILES string of the molecule is CC1CCC(C(=O)N(CCNC(=O)C2CCCCC2)c2ccnc(C(N)=O)c2)O1.CN1CC(C(=O)NCCOF)CC1=O.COc1cccc(F)c1F.O=C(CCCOC1CCCCC1)NF.c1ccncc1. The van der Waals surface area contributed by atoms with Gasteiger partial charge >= 0.3 is 0 Å². The molecule has 2 aliphatic carbocycles. The summed E-state index contributed by atoms with van der Waals surface area (Å²) in [7, 11) is 2.94. The van der Waals surface area contributed by atoms with Crippen molar-refractivity contribution in [1.82, 2.24) is 31.0 Å². The normalized spacial score (nSPS) is 18.4. The van der Waals surface area contributed by atoms with Crippen LogP contribution in [0, 0.1) is 23.5 Å². The van der Waals surface area contributed by atoms with Gasteiger partial charge in [0.05, 0.1) is 25.2 Å². The minimum atomic E-state index is -0.940. The van der Waals surface area contributed by atoms with Crippen LogP contribution in [0.2, 0.25) is 0 Å². The van der Waals surface area contributed by atoms with Crippen LogP contribution in [0.25, 0.3) is 0 Å². The summed E-state index contributed by atoms with van der Waals surface area (Å²) >= 11 is 0. The van der Waals surface area contributed by atoms with E-state index in [4.69, 9.17) is 15.2 Å². The largest absolute Gasteiger partial charge is 0.494 e. The number of aromatic nitrogens is 2. The zero-order valence-electron chi connectivity index (χ0n) is 42.0. The molecule has 2 aromatic heterocycles. The molecule has 18 nitrogen and oxygen atoms in total. The maximum Gasteiger partial charge on any atom is 0.267 e. The number of ether oxygens (including phenoxy) is 3. The molecule has 3 aromatic rings. The van der Waals surface area contributed by atoms with Crippen molar-refractivity contribution in [2.75, 3.05) is 58.5 Å². The van der Waals surface area contributed by atoms with E-state index >= 15 is 0 Å². The monoisotopic (exact) mass is 1030 g/mol. The van der Waals surface area contributed by atoms with Gasteiger partial charge in [-0.05, 0) is 92.8 Å². The molecular formula is C51H72F4N8O10. The van der Waals surface area contributed by atoms with Crippen LogP contribution in [-0.2, 0) is 38.4 Å². The van der Waals surface area contributed by atoms with Crippen molar-refractivity contribution in [3.05, 3.63) is 84.4 Å². The van der Waals surface area contributed by atoms with E-state index in [0.717, 1.165) is 56.6 Å². The number of rotatable bonds is 17. The highest BCUT2D eigenvalue weighted by molar-refractivity contribution is 5.98. The van der Waals surface area contributed by atoms with E-state index in [9.17, 15) is 46.6 Å². The lowest BCUT2D eigenvalue weighted by Gasteiger charge is -2.27. The lowest BCUT2D eigenvalue weighted by atomic mass is 9.89. The van der Waals surface area contributed by atoms with Crippen molar-refractivity contribution in [1.29, 1.82) is 0 Å². The predicted octanol–water partition coefficient (Wildman–Crippen LogP) is 6.43. The van der Waals surface area contributed by atoms with Gasteiger partial charge in [-0.25, -0.2) is 4.39 Å². The van der Waals surface area contributed by atoms with E-state index in [1.807, 2.05) is 25.1 Å². The van der Waals surface area contributed by atoms with Crippen molar-refractivity contribution in [3.8, 4) is 5.75 Å². The summed E-state index contributed by atoms with van der Waals surface area (Å²) in [5, 5.41) is 5.45. The number of methoxy groups -OCH3 is 1. The molecular weight excluding hydrogens is 961 g/mol. The lowest BCUT2D eigenvalue weighted by Crippen LogP contribution is -2.44. The van der Waals surface area contributed by atoms with Crippen LogP contribution < -0.4 is 31.5 Å². The second-order valence-corrected chi connectivity index (χ2v) is 17.7. The van der Waals surface area contributed by atoms with Gasteiger partial charge in [0.1, 0.15) is 18.4 Å². The Morgan fingerprint density at radius 1 is 0.849 bits per heavy atom. The summed E-state index contributed by atoms with van der Waals surface area (Å²) in [4.78, 5) is 84.1. The summed E-state index contributed by atoms with van der Waals surface area (Å²) in [5.41, 5.74) is 7.06. The summed E-state index contributed by atoms with van der Waals surface area (Å²) < 4.78 is 63.4. The van der Waals surface area contributed by atoms with Crippen molar-refractivity contribution in [3.63, 3.8) is 0 Å². The molecule has 3 unspecified atom stereocenters. The maximum atomic E-state index is 13.1. The Morgan fingerprint density at radius 2 is 1.52 bits per heavy atom. The topological polar surface area (TPSA) is 234 Å². The molecule has 3 atom stereocenters. The zero-order chi connectivity index (χ0) is 53.4. The second-order valence-electron chi connectivity index (χ2n) is 17.7. The number of benzene rings is 1. The van der Waals surface area contributed by atoms with Gasteiger partial charge in [-0.2, -0.15) is 14.9 Å². The third kappa shape index (κ3) is 23.4. The molecule has 2 saturated heterocycles. The first-order chi connectivity index (χ1) is 35.2. The van der Waals surface area contributed by atoms with E-state index < -0.39 is 29.6 Å². The molecule has 22 heteroatoms. The molecule has 404 valence electrons. The van der Waals surface area contributed by atoms with Crippen LogP contribution in [0.3, 0.4) is 0 Å². The van der Waals surface area contributed by atoms with Crippen molar-refractivity contribution in [2.45, 2.75) is 122 Å². The minimum Gasteiger partial charge on any atom is -0.494 e. The van der Waals surface area contributed by atoms with Gasteiger partial charge < -0.3 is 40.4 Å². The quantitative estimate of drug-likeness (QED) is 0.0651. The summed E-state index contributed by atoms with van der Waals surface area (Å²) in [6.45, 7) is 3.52. The summed E-state index contributed by atoms with van der Waals surface area (Å²) in [5.74, 6) is -3.75. The Balaban J connectivity index is 0.000000268. The fourth-order valence-electron chi connectivity index (χ4n) is 8.16. The third-order valence-corrected chi connectivity index (χ3v) is 12.1. The number of nitrogens with zero attached hydrogens (tertiary/aromatic N) is 4. The average molecular weight is 1030 g/mol. The van der Waals surface area contributed by atoms with Crippen LogP contribution in [0.4, 0.5) is 23.5 Å². The molecule has 6 amide bonds. The highest BCUT2D eigenvalue weighted by atomic mass is 19.3. The number of pyridine rings is 2. The number of halogens is 4. The summed E-state index contributed by atoms with van der Waals surface area (Å²) in [6.07, 6.45) is 18.7. The molecule has 73 heavy (non-hydrogen) atoms. The van der Waals surface area contributed by atoms with Crippen molar-refractivity contribution >= 4 is 41.1 Å². The molecule has 0 bridgehead atoms. The average Bonchev–Trinajstić information content (AvgIpc) is 4.02. The number of amides is 6. The number of carbonyl (C=O) groups is 6. The molecule has 4 aliphatic rings. The van der Waals surface area contributed by atoms with Crippen molar-refractivity contribution in [2.24, 2.45) is 17.6 Å². The van der Waals surface area contributed by atoms with Crippen molar-refractivity contribution < 1.29 is 65.7 Å². The predicted molar refractivity (Wildman–Crippen MR) is 263 cm³/mol. The smallest absolute Gasteiger partial charge is 0.267 e. The number of carbonyl (C=O) groups excluding carboxylic acids is 6. The molecule has 4 fully saturated rings. The Labute approximate surface area is 424 Å². The number of likely N-dealkylation sites (tertiary alicyclic amines) is 1. The maximum absolute atomic E-state index is 13.1. The molecule has 0 spiro atoms. The first-order valence-electron chi connectivity index (χ1n) is 24.8. The first kappa shape index (κ1) is 61.0. The zero-order valence-corrected chi connectivity index (χ0v) is 42.0. The van der Waals surface area contributed by atoms with E-state index in [1.165, 1.54) is 62.1 Å². The second kappa shape index (κ2) is 35.0. The van der Waals surface area contributed by atoms with Crippen LogP contribution in [0.5, 0.6) is 5.75 Å². The van der Waals surface area contributed by atoms with Gasteiger partial charge in [0.15, 0.2) is 11.6 Å². The van der Waals surface area contributed by atoms with Gasteiger partial charge in [0.2, 0.25) is 29.4 Å². The number of primary amides is 1. The molecule has 7 rings (SSSR count). The number of hydrogen-bond acceptors (Lipinski definition) is 12. The molecule has 5 N–H and O–H groups in total. The molecule has 1 aromatic carbocycles. The Hall–Kier alpha value is -6.26. The van der Waals surface area contributed by atoms with E-state index in [2.05, 4.69) is 30.3 Å². The fourth-order valence-corrected chi connectivity index (χ4v) is 8.16. The molecule has 2 aliphatic heterocycles. The van der Waals surface area contributed by atoms with Crippen LogP contribution in [0.15, 0.2) is 67.1 Å². The van der Waals surface area contributed by atoms with Gasteiger partial charge in [-0.3, -0.25) is 38.7 Å². The van der Waals surface area contributed by atoms with Gasteiger partial charge in [0, 0.05) is 82.9 Å². The van der Waals surface area contributed by atoms with Crippen LogP contribution in [-0.4, -0.2) is 122 Å². The Bertz CT molecular complexity index is 2100.